The third-order valence-electron chi connectivity index (χ3n) is 5.04. The Kier molecular flexibility index (Phi) is 7.39. The van der Waals surface area contributed by atoms with Crippen LogP contribution in [0.4, 0.5) is 0 Å². The molecule has 0 radical (unpaired) electrons. The number of nitrogens with one attached hydrogen (secondary N) is 1. The summed E-state index contributed by atoms with van der Waals surface area (Å²) in [6.07, 6.45) is 1.86. The molecular weight excluding hydrogens is 390 g/mol. The molecule has 1 unspecified atom stereocenters. The molecule has 0 aliphatic carbocycles. The Morgan fingerprint density at radius 1 is 1.30 bits per heavy atom. The standard InChI is InChI=1S/C18H25N3O4S.ClH/c1-2-17(22)14-5-3-7-16(11-14)26(24,25)20-9-4-6-15(13-20)21-10-8-19-12-18(21)23;/h3,5,7,11,15,19H,2,4,6,8-10,12-13H2,1H3;1H. The predicted molar refractivity (Wildman–Crippen MR) is 105 cm³/mol. The summed E-state index contributed by atoms with van der Waals surface area (Å²) in [6.45, 7) is 4.15. The molecule has 2 fully saturated rings. The molecular formula is C18H26ClN3O4S. The van der Waals surface area contributed by atoms with Crippen LogP contribution in [0.25, 0.3) is 0 Å². The Hall–Kier alpha value is -1.48. The van der Waals surface area contributed by atoms with E-state index in [1.54, 1.807) is 24.0 Å². The second-order valence-electron chi connectivity index (χ2n) is 6.73. The molecule has 1 aromatic rings. The number of sulfonamides is 1. The van der Waals surface area contributed by atoms with Gasteiger partial charge in [-0.15, -0.1) is 12.4 Å². The van der Waals surface area contributed by atoms with E-state index in [0.717, 1.165) is 13.0 Å². The van der Waals surface area contributed by atoms with Crippen LogP contribution in [-0.2, 0) is 14.8 Å². The number of piperazine rings is 1. The average molecular weight is 416 g/mol. The van der Waals surface area contributed by atoms with Crippen LogP contribution in [0.1, 0.15) is 36.5 Å². The SMILES string of the molecule is CCC(=O)c1cccc(S(=O)(=O)N2CCCC(N3CCNCC3=O)C2)c1.Cl. The van der Waals surface area contributed by atoms with Gasteiger partial charge in [-0.25, -0.2) is 8.42 Å². The Morgan fingerprint density at radius 2 is 2.07 bits per heavy atom. The van der Waals surface area contributed by atoms with Gasteiger partial charge in [0.15, 0.2) is 5.78 Å². The fourth-order valence-electron chi connectivity index (χ4n) is 3.58. The molecule has 150 valence electrons. The van der Waals surface area contributed by atoms with Crippen molar-refractivity contribution in [1.29, 1.82) is 0 Å². The van der Waals surface area contributed by atoms with Gasteiger partial charge in [-0.3, -0.25) is 9.59 Å². The van der Waals surface area contributed by atoms with Gasteiger partial charge >= 0.3 is 0 Å². The molecule has 3 rings (SSSR count). The highest BCUT2D eigenvalue weighted by Crippen LogP contribution is 2.24. The highest BCUT2D eigenvalue weighted by Gasteiger charge is 2.35. The fourth-order valence-corrected chi connectivity index (χ4v) is 5.15. The van der Waals surface area contributed by atoms with Crippen LogP contribution in [-0.4, -0.2) is 68.1 Å². The second kappa shape index (κ2) is 9.14. The third-order valence-corrected chi connectivity index (χ3v) is 6.90. The molecule has 1 atom stereocenters. The lowest BCUT2D eigenvalue weighted by atomic mass is 10.1. The molecule has 1 N–H and O–H groups in total. The van der Waals surface area contributed by atoms with E-state index in [4.69, 9.17) is 0 Å². The van der Waals surface area contributed by atoms with Gasteiger partial charge in [0.25, 0.3) is 0 Å². The third kappa shape index (κ3) is 4.68. The van der Waals surface area contributed by atoms with Crippen LogP contribution in [0, 0.1) is 0 Å². The van der Waals surface area contributed by atoms with E-state index in [1.165, 1.54) is 16.4 Å². The maximum atomic E-state index is 13.1. The van der Waals surface area contributed by atoms with E-state index in [1.807, 2.05) is 0 Å². The quantitative estimate of drug-likeness (QED) is 0.732. The van der Waals surface area contributed by atoms with E-state index in [2.05, 4.69) is 5.32 Å². The van der Waals surface area contributed by atoms with Crippen molar-refractivity contribution in [3.63, 3.8) is 0 Å². The number of hydrogen-bond donors (Lipinski definition) is 1. The summed E-state index contributed by atoms with van der Waals surface area (Å²) in [5, 5.41) is 3.04. The predicted octanol–water partition coefficient (Wildman–Crippen LogP) is 1.29. The lowest BCUT2D eigenvalue weighted by molar-refractivity contribution is -0.135. The van der Waals surface area contributed by atoms with Crippen molar-refractivity contribution in [3.05, 3.63) is 29.8 Å². The summed E-state index contributed by atoms with van der Waals surface area (Å²) in [4.78, 5) is 26.0. The summed E-state index contributed by atoms with van der Waals surface area (Å²) in [7, 11) is -3.69. The summed E-state index contributed by atoms with van der Waals surface area (Å²) in [6, 6.07) is 6.15. The number of carbonyl (C=O) groups is 2. The summed E-state index contributed by atoms with van der Waals surface area (Å²) in [5.41, 5.74) is 0.416. The van der Waals surface area contributed by atoms with E-state index in [0.29, 0.717) is 44.6 Å². The summed E-state index contributed by atoms with van der Waals surface area (Å²) in [5.74, 6) is -0.0546. The van der Waals surface area contributed by atoms with Crippen molar-refractivity contribution in [3.8, 4) is 0 Å². The number of ketones is 1. The van der Waals surface area contributed by atoms with Crippen molar-refractivity contribution >= 4 is 34.1 Å². The van der Waals surface area contributed by atoms with Gasteiger partial charge in [0, 0.05) is 44.2 Å². The highest BCUT2D eigenvalue weighted by atomic mass is 35.5. The molecule has 0 bridgehead atoms. The molecule has 2 heterocycles. The van der Waals surface area contributed by atoms with Crippen molar-refractivity contribution in [1.82, 2.24) is 14.5 Å². The van der Waals surface area contributed by atoms with Crippen LogP contribution >= 0.6 is 12.4 Å². The Balaban J connectivity index is 0.00000261. The zero-order valence-corrected chi connectivity index (χ0v) is 17.0. The number of Topliss-reactive ketones (excluding diaryl/α,β-unsaturated/α-hetero) is 1. The molecule has 0 spiro atoms. The number of amides is 1. The fraction of sp³-hybridized carbons (Fsp3) is 0.556. The van der Waals surface area contributed by atoms with Crippen molar-refractivity contribution in [2.45, 2.75) is 37.1 Å². The van der Waals surface area contributed by atoms with Crippen molar-refractivity contribution < 1.29 is 18.0 Å². The highest BCUT2D eigenvalue weighted by molar-refractivity contribution is 7.89. The van der Waals surface area contributed by atoms with Crippen LogP contribution in [0.2, 0.25) is 0 Å². The van der Waals surface area contributed by atoms with Crippen molar-refractivity contribution in [2.24, 2.45) is 0 Å². The van der Waals surface area contributed by atoms with E-state index in [9.17, 15) is 18.0 Å². The number of carbonyl (C=O) groups excluding carboxylic acids is 2. The topological polar surface area (TPSA) is 86.8 Å². The van der Waals surface area contributed by atoms with Gasteiger partial charge in [0.05, 0.1) is 11.4 Å². The van der Waals surface area contributed by atoms with E-state index < -0.39 is 10.0 Å². The number of piperidine rings is 1. The molecule has 7 nitrogen and oxygen atoms in total. The van der Waals surface area contributed by atoms with E-state index >= 15 is 0 Å². The molecule has 1 aromatic carbocycles. The number of nitrogens with zero attached hydrogens (tertiary/aromatic N) is 2. The molecule has 0 saturated carbocycles. The first-order chi connectivity index (χ1) is 12.4. The summed E-state index contributed by atoms with van der Waals surface area (Å²) >= 11 is 0. The minimum atomic E-state index is -3.69. The minimum Gasteiger partial charge on any atom is -0.336 e. The van der Waals surface area contributed by atoms with Gasteiger partial charge in [0.2, 0.25) is 15.9 Å². The number of rotatable bonds is 5. The lowest BCUT2D eigenvalue weighted by Crippen LogP contribution is -2.57. The first-order valence-corrected chi connectivity index (χ1v) is 10.5. The molecule has 2 aliphatic rings. The average Bonchev–Trinajstić information content (AvgIpc) is 2.68. The van der Waals surface area contributed by atoms with Crippen LogP contribution < -0.4 is 5.32 Å². The second-order valence-corrected chi connectivity index (χ2v) is 8.67. The number of halogens is 1. The zero-order chi connectivity index (χ0) is 18.7. The van der Waals surface area contributed by atoms with Crippen LogP contribution in [0.5, 0.6) is 0 Å². The van der Waals surface area contributed by atoms with Gasteiger partial charge in [-0.05, 0) is 25.0 Å². The smallest absolute Gasteiger partial charge is 0.243 e. The Labute approximate surface area is 166 Å². The van der Waals surface area contributed by atoms with Gasteiger partial charge in [0.1, 0.15) is 0 Å². The Bertz CT molecular complexity index is 800. The first-order valence-electron chi connectivity index (χ1n) is 9.07. The molecule has 2 aliphatic heterocycles. The number of benzene rings is 1. The largest absolute Gasteiger partial charge is 0.336 e. The van der Waals surface area contributed by atoms with Gasteiger partial charge in [-0.2, -0.15) is 4.31 Å². The van der Waals surface area contributed by atoms with Crippen molar-refractivity contribution in [2.75, 3.05) is 32.7 Å². The molecule has 9 heteroatoms. The molecule has 1 amide bonds. The Morgan fingerprint density at radius 3 is 2.78 bits per heavy atom. The van der Waals surface area contributed by atoms with Gasteiger partial charge in [-0.1, -0.05) is 19.1 Å². The van der Waals surface area contributed by atoms with Crippen LogP contribution in [0.15, 0.2) is 29.2 Å². The minimum absolute atomic E-state index is 0. The normalized spacial score (nSPS) is 21.6. The first kappa shape index (κ1) is 21.8. The molecule has 27 heavy (non-hydrogen) atoms. The molecule has 0 aromatic heterocycles. The lowest BCUT2D eigenvalue weighted by Gasteiger charge is -2.40. The zero-order valence-electron chi connectivity index (χ0n) is 15.4. The summed E-state index contributed by atoms with van der Waals surface area (Å²) < 4.78 is 27.6. The van der Waals surface area contributed by atoms with Crippen LogP contribution in [0.3, 0.4) is 0 Å². The monoisotopic (exact) mass is 415 g/mol. The van der Waals surface area contributed by atoms with E-state index in [-0.39, 0.29) is 35.0 Å². The molecule has 2 saturated heterocycles. The number of hydrogen-bond acceptors (Lipinski definition) is 5. The maximum absolute atomic E-state index is 13.1. The van der Waals surface area contributed by atoms with Gasteiger partial charge < -0.3 is 10.2 Å². The maximum Gasteiger partial charge on any atom is 0.243 e.